The van der Waals surface area contributed by atoms with Gasteiger partial charge < -0.3 is 15.8 Å². The van der Waals surface area contributed by atoms with Crippen molar-refractivity contribution in [2.45, 2.75) is 51.2 Å². The molecule has 3 N–H and O–H groups in total. The molecule has 1 fully saturated rings. The molecule has 0 aliphatic carbocycles. The normalized spacial score (nSPS) is 19.2. The maximum absolute atomic E-state index is 12.5. The van der Waals surface area contributed by atoms with E-state index in [1.807, 2.05) is 0 Å². The third kappa shape index (κ3) is 6.06. The van der Waals surface area contributed by atoms with Gasteiger partial charge in [0, 0.05) is 38.4 Å². The van der Waals surface area contributed by atoms with E-state index in [9.17, 15) is 4.79 Å². The summed E-state index contributed by atoms with van der Waals surface area (Å²) in [6, 6.07) is 8.20. The van der Waals surface area contributed by atoms with Crippen molar-refractivity contribution in [1.29, 1.82) is 0 Å². The van der Waals surface area contributed by atoms with Crippen LogP contribution in [0.2, 0.25) is 0 Å². The Balaban J connectivity index is 0.00000182. The van der Waals surface area contributed by atoms with Crippen molar-refractivity contribution in [3.8, 4) is 0 Å². The van der Waals surface area contributed by atoms with Gasteiger partial charge in [0.25, 0.3) is 0 Å². The summed E-state index contributed by atoms with van der Waals surface area (Å²) in [7, 11) is 0. The molecule has 154 valence electrons. The predicted octanol–water partition coefficient (Wildman–Crippen LogP) is 2.54. The summed E-state index contributed by atoms with van der Waals surface area (Å²) in [4.78, 5) is 14.9. The van der Waals surface area contributed by atoms with Gasteiger partial charge in [0.2, 0.25) is 5.91 Å². The molecule has 2 heterocycles. The number of halogens is 2. The summed E-state index contributed by atoms with van der Waals surface area (Å²) in [5, 5.41) is 3.09. The molecule has 1 saturated heterocycles. The molecule has 0 bridgehead atoms. The lowest BCUT2D eigenvalue weighted by Crippen LogP contribution is -2.56. The topological polar surface area (TPSA) is 67.6 Å². The largest absolute Gasteiger partial charge is 0.381 e. The maximum atomic E-state index is 12.5. The Morgan fingerprint density at radius 3 is 2.56 bits per heavy atom. The Bertz CT molecular complexity index is 607. The summed E-state index contributed by atoms with van der Waals surface area (Å²) in [5.74, 6) is 0.205. The molecule has 27 heavy (non-hydrogen) atoms. The van der Waals surface area contributed by atoms with Crippen molar-refractivity contribution in [2.75, 3.05) is 26.3 Å². The predicted molar refractivity (Wildman–Crippen MR) is 114 cm³/mol. The molecule has 1 amide bonds. The monoisotopic (exact) mass is 417 g/mol. The molecular weight excluding hydrogens is 385 g/mol. The second kappa shape index (κ2) is 10.6. The van der Waals surface area contributed by atoms with E-state index >= 15 is 0 Å². The lowest BCUT2D eigenvalue weighted by Gasteiger charge is -2.42. The number of nitrogens with zero attached hydrogens (tertiary/aromatic N) is 1. The van der Waals surface area contributed by atoms with Crippen LogP contribution in [0.4, 0.5) is 0 Å². The minimum absolute atomic E-state index is 0. The van der Waals surface area contributed by atoms with Crippen LogP contribution in [0, 0.1) is 5.92 Å². The Labute approximate surface area is 175 Å². The van der Waals surface area contributed by atoms with Gasteiger partial charge in [0.1, 0.15) is 0 Å². The molecule has 0 saturated carbocycles. The van der Waals surface area contributed by atoms with Crippen molar-refractivity contribution in [2.24, 2.45) is 11.7 Å². The number of rotatable bonds is 5. The van der Waals surface area contributed by atoms with Crippen LogP contribution in [0.15, 0.2) is 24.3 Å². The van der Waals surface area contributed by atoms with Gasteiger partial charge >= 0.3 is 0 Å². The van der Waals surface area contributed by atoms with Gasteiger partial charge in [-0.2, -0.15) is 0 Å². The van der Waals surface area contributed by atoms with Gasteiger partial charge in [-0.05, 0) is 50.2 Å². The second-order valence-electron chi connectivity index (χ2n) is 7.95. The average Bonchev–Trinajstić information content (AvgIpc) is 2.66. The first-order valence-electron chi connectivity index (χ1n) is 9.40. The summed E-state index contributed by atoms with van der Waals surface area (Å²) in [6.45, 7) is 8.39. The van der Waals surface area contributed by atoms with E-state index in [0.29, 0.717) is 19.8 Å². The summed E-state index contributed by atoms with van der Waals surface area (Å²) < 4.78 is 5.36. The number of benzene rings is 1. The minimum Gasteiger partial charge on any atom is -0.381 e. The average molecular weight is 418 g/mol. The highest BCUT2D eigenvalue weighted by atomic mass is 35.5. The van der Waals surface area contributed by atoms with Gasteiger partial charge in [-0.25, -0.2) is 0 Å². The summed E-state index contributed by atoms with van der Waals surface area (Å²) >= 11 is 0. The zero-order chi connectivity index (χ0) is 17.9. The number of hydrogen-bond donors (Lipinski definition) is 2. The number of ether oxygens (including phenoxy) is 1. The SMILES string of the molecule is CC(C)(CNC(=O)C(N)C1CCOCC1)N1CCc2ccccc2C1.Cl.Cl. The Morgan fingerprint density at radius 1 is 1.26 bits per heavy atom. The number of carbonyl (C=O) groups is 1. The number of fused-ring (bicyclic) bond motifs is 1. The number of nitrogens with two attached hydrogens (primary N) is 1. The highest BCUT2D eigenvalue weighted by molar-refractivity contribution is 5.85. The highest BCUT2D eigenvalue weighted by Gasteiger charge is 2.32. The van der Waals surface area contributed by atoms with Gasteiger partial charge in [-0.1, -0.05) is 24.3 Å². The zero-order valence-electron chi connectivity index (χ0n) is 16.3. The molecule has 3 rings (SSSR count). The fourth-order valence-corrected chi connectivity index (χ4v) is 3.83. The second-order valence-corrected chi connectivity index (χ2v) is 7.95. The van der Waals surface area contributed by atoms with Gasteiger partial charge in [0.15, 0.2) is 0 Å². The fraction of sp³-hybridized carbons (Fsp3) is 0.650. The van der Waals surface area contributed by atoms with Crippen LogP contribution in [-0.4, -0.2) is 48.7 Å². The molecule has 1 aromatic carbocycles. The third-order valence-electron chi connectivity index (χ3n) is 5.76. The van der Waals surface area contributed by atoms with Crippen LogP contribution >= 0.6 is 24.8 Å². The first-order valence-corrected chi connectivity index (χ1v) is 9.40. The van der Waals surface area contributed by atoms with Gasteiger partial charge in [-0.3, -0.25) is 9.69 Å². The zero-order valence-corrected chi connectivity index (χ0v) is 17.9. The molecule has 0 radical (unpaired) electrons. The van der Waals surface area contributed by atoms with E-state index in [2.05, 4.69) is 48.3 Å². The molecule has 0 aromatic heterocycles. The molecule has 2 aliphatic heterocycles. The van der Waals surface area contributed by atoms with E-state index in [1.165, 1.54) is 11.1 Å². The lowest BCUT2D eigenvalue weighted by atomic mass is 9.91. The molecule has 7 heteroatoms. The molecule has 2 aliphatic rings. The molecular formula is C20H33Cl2N3O2. The van der Waals surface area contributed by atoms with E-state index in [0.717, 1.165) is 32.4 Å². The standard InChI is InChI=1S/C20H31N3O2.2ClH/c1-20(2,23-10-7-15-5-3-4-6-17(15)13-23)14-22-19(24)18(21)16-8-11-25-12-9-16;;/h3-6,16,18H,7-14,21H2,1-2H3,(H,22,24);2*1H. The maximum Gasteiger partial charge on any atom is 0.237 e. The van der Waals surface area contributed by atoms with E-state index in [-0.39, 0.29) is 42.2 Å². The van der Waals surface area contributed by atoms with Crippen molar-refractivity contribution in [3.05, 3.63) is 35.4 Å². The quantitative estimate of drug-likeness (QED) is 0.771. The van der Waals surface area contributed by atoms with Gasteiger partial charge in [0.05, 0.1) is 6.04 Å². The number of amides is 1. The first kappa shape index (κ1) is 24.2. The van der Waals surface area contributed by atoms with E-state index < -0.39 is 6.04 Å². The Kier molecular flexibility index (Phi) is 9.52. The summed E-state index contributed by atoms with van der Waals surface area (Å²) in [5.41, 5.74) is 8.92. The van der Waals surface area contributed by atoms with Gasteiger partial charge in [-0.15, -0.1) is 24.8 Å². The van der Waals surface area contributed by atoms with E-state index in [1.54, 1.807) is 0 Å². The van der Waals surface area contributed by atoms with Crippen LogP contribution < -0.4 is 11.1 Å². The van der Waals surface area contributed by atoms with Crippen molar-refractivity contribution < 1.29 is 9.53 Å². The molecule has 5 nitrogen and oxygen atoms in total. The minimum atomic E-state index is -0.429. The van der Waals surface area contributed by atoms with Crippen LogP contribution in [0.25, 0.3) is 0 Å². The van der Waals surface area contributed by atoms with Crippen LogP contribution in [0.5, 0.6) is 0 Å². The Morgan fingerprint density at radius 2 is 1.89 bits per heavy atom. The molecule has 1 unspecified atom stereocenters. The van der Waals surface area contributed by atoms with Crippen molar-refractivity contribution in [3.63, 3.8) is 0 Å². The highest BCUT2D eigenvalue weighted by Crippen LogP contribution is 2.25. The number of nitrogens with one attached hydrogen (secondary N) is 1. The number of hydrogen-bond acceptors (Lipinski definition) is 4. The lowest BCUT2D eigenvalue weighted by molar-refractivity contribution is -0.125. The van der Waals surface area contributed by atoms with E-state index in [4.69, 9.17) is 10.5 Å². The number of carbonyl (C=O) groups excluding carboxylic acids is 1. The molecule has 1 aromatic rings. The smallest absolute Gasteiger partial charge is 0.237 e. The fourth-order valence-electron chi connectivity index (χ4n) is 3.83. The first-order chi connectivity index (χ1) is 12.0. The molecule has 1 atom stereocenters. The van der Waals surface area contributed by atoms with Crippen LogP contribution in [0.3, 0.4) is 0 Å². The van der Waals surface area contributed by atoms with Crippen LogP contribution in [-0.2, 0) is 22.5 Å². The van der Waals surface area contributed by atoms with Crippen LogP contribution in [0.1, 0.15) is 37.8 Å². The molecule has 0 spiro atoms. The third-order valence-corrected chi connectivity index (χ3v) is 5.76. The van der Waals surface area contributed by atoms with Crippen molar-refractivity contribution in [1.82, 2.24) is 10.2 Å². The van der Waals surface area contributed by atoms with Crippen molar-refractivity contribution >= 4 is 30.7 Å². The summed E-state index contributed by atoms with van der Waals surface area (Å²) in [6.07, 6.45) is 2.82. The Hall–Kier alpha value is -0.850.